The molecule has 18 heavy (non-hydrogen) atoms. The molecule has 6 nitrogen and oxygen atoms in total. The Labute approximate surface area is 108 Å². The first kappa shape index (κ1) is 14.8. The number of aliphatic hydroxyl groups is 1. The fraction of sp³-hybridized carbons (Fsp3) is 0.750. The number of aromatic nitrogens is 3. The van der Waals surface area contributed by atoms with Crippen molar-refractivity contribution < 1.29 is 5.11 Å². The van der Waals surface area contributed by atoms with Gasteiger partial charge in [0.25, 0.3) is 0 Å². The van der Waals surface area contributed by atoms with Crippen LogP contribution in [0.1, 0.15) is 32.2 Å². The van der Waals surface area contributed by atoms with Crippen LogP contribution in [0.25, 0.3) is 0 Å². The maximum Gasteiger partial charge on any atom is 0.243 e. The summed E-state index contributed by atoms with van der Waals surface area (Å²) in [6.07, 6.45) is 1.41. The van der Waals surface area contributed by atoms with Crippen molar-refractivity contribution in [1.29, 1.82) is 0 Å². The van der Waals surface area contributed by atoms with E-state index in [-0.39, 0.29) is 6.10 Å². The van der Waals surface area contributed by atoms with Gasteiger partial charge in [-0.2, -0.15) is 5.10 Å². The van der Waals surface area contributed by atoms with Gasteiger partial charge < -0.3 is 15.7 Å². The van der Waals surface area contributed by atoms with Crippen molar-refractivity contribution in [2.45, 2.75) is 39.7 Å². The van der Waals surface area contributed by atoms with Gasteiger partial charge in [-0.1, -0.05) is 13.8 Å². The molecule has 0 aliphatic heterocycles. The van der Waals surface area contributed by atoms with Crippen molar-refractivity contribution in [2.24, 2.45) is 0 Å². The predicted octanol–water partition coefficient (Wildman–Crippen LogP) is 0.379. The topological polar surface area (TPSA) is 83.0 Å². The molecule has 102 valence electrons. The van der Waals surface area contributed by atoms with Gasteiger partial charge in [-0.25, -0.2) is 4.98 Å². The van der Waals surface area contributed by atoms with Crippen molar-refractivity contribution in [2.75, 3.05) is 25.0 Å². The highest BCUT2D eigenvalue weighted by Gasteiger charge is 2.05. The van der Waals surface area contributed by atoms with Crippen LogP contribution in [0.2, 0.25) is 0 Å². The SMILES string of the molecule is CCc1nnc(NCCNCC(C)O)nc1CC. The lowest BCUT2D eigenvalue weighted by Gasteiger charge is -2.09. The molecule has 0 aromatic carbocycles. The maximum atomic E-state index is 9.08. The molecule has 0 saturated heterocycles. The zero-order valence-corrected chi connectivity index (χ0v) is 11.4. The molecule has 1 rings (SSSR count). The molecule has 0 spiro atoms. The van der Waals surface area contributed by atoms with Crippen LogP contribution in [-0.2, 0) is 12.8 Å². The average molecular weight is 253 g/mol. The largest absolute Gasteiger partial charge is 0.392 e. The third-order valence-electron chi connectivity index (χ3n) is 2.53. The highest BCUT2D eigenvalue weighted by molar-refractivity contribution is 5.25. The smallest absolute Gasteiger partial charge is 0.243 e. The van der Waals surface area contributed by atoms with Crippen molar-refractivity contribution in [3.8, 4) is 0 Å². The van der Waals surface area contributed by atoms with Crippen molar-refractivity contribution >= 4 is 5.95 Å². The molecular weight excluding hydrogens is 230 g/mol. The summed E-state index contributed by atoms with van der Waals surface area (Å²) in [5.74, 6) is 0.572. The van der Waals surface area contributed by atoms with Gasteiger partial charge in [0.2, 0.25) is 5.95 Å². The molecule has 1 aromatic heterocycles. The highest BCUT2D eigenvalue weighted by atomic mass is 16.3. The Morgan fingerprint density at radius 1 is 1.11 bits per heavy atom. The molecule has 0 amide bonds. The molecule has 0 bridgehead atoms. The van der Waals surface area contributed by atoms with Crippen LogP contribution in [0.5, 0.6) is 0 Å². The van der Waals surface area contributed by atoms with Gasteiger partial charge in [0.1, 0.15) is 0 Å². The van der Waals surface area contributed by atoms with Crippen LogP contribution < -0.4 is 10.6 Å². The van der Waals surface area contributed by atoms with E-state index in [9.17, 15) is 0 Å². The zero-order valence-electron chi connectivity index (χ0n) is 11.4. The van der Waals surface area contributed by atoms with E-state index in [1.165, 1.54) is 0 Å². The van der Waals surface area contributed by atoms with E-state index in [4.69, 9.17) is 5.11 Å². The molecule has 0 radical (unpaired) electrons. The van der Waals surface area contributed by atoms with E-state index >= 15 is 0 Å². The normalized spacial score (nSPS) is 12.4. The van der Waals surface area contributed by atoms with Crippen molar-refractivity contribution in [1.82, 2.24) is 20.5 Å². The molecule has 1 heterocycles. The number of rotatable bonds is 8. The van der Waals surface area contributed by atoms with E-state index < -0.39 is 0 Å². The highest BCUT2D eigenvalue weighted by Crippen LogP contribution is 2.06. The number of hydrogen-bond donors (Lipinski definition) is 3. The first-order chi connectivity index (χ1) is 8.67. The standard InChI is InChI=1S/C12H23N5O/c1-4-10-11(5-2)16-17-12(15-10)14-7-6-13-8-9(3)18/h9,13,18H,4-8H2,1-3H3,(H,14,15,17). The lowest BCUT2D eigenvalue weighted by molar-refractivity contribution is 0.192. The molecule has 0 fully saturated rings. The number of aliphatic hydroxyl groups excluding tert-OH is 1. The monoisotopic (exact) mass is 253 g/mol. The second-order valence-electron chi connectivity index (χ2n) is 4.22. The minimum absolute atomic E-state index is 0.321. The predicted molar refractivity (Wildman–Crippen MR) is 71.6 cm³/mol. The summed E-state index contributed by atoms with van der Waals surface area (Å²) in [4.78, 5) is 4.43. The Balaban J connectivity index is 2.38. The summed E-state index contributed by atoms with van der Waals surface area (Å²) in [7, 11) is 0. The third-order valence-corrected chi connectivity index (χ3v) is 2.53. The molecule has 0 aliphatic carbocycles. The Kier molecular flexibility index (Phi) is 6.53. The molecule has 3 N–H and O–H groups in total. The minimum atomic E-state index is -0.321. The fourth-order valence-corrected chi connectivity index (χ4v) is 1.59. The van der Waals surface area contributed by atoms with Crippen LogP contribution in [0.4, 0.5) is 5.95 Å². The average Bonchev–Trinajstić information content (AvgIpc) is 2.37. The van der Waals surface area contributed by atoms with E-state index in [1.807, 2.05) is 0 Å². The summed E-state index contributed by atoms with van der Waals surface area (Å²) in [5.41, 5.74) is 1.97. The van der Waals surface area contributed by atoms with Crippen molar-refractivity contribution in [3.63, 3.8) is 0 Å². The van der Waals surface area contributed by atoms with Crippen molar-refractivity contribution in [3.05, 3.63) is 11.4 Å². The van der Waals surface area contributed by atoms with Crippen LogP contribution in [0.3, 0.4) is 0 Å². The Morgan fingerprint density at radius 2 is 1.83 bits per heavy atom. The summed E-state index contributed by atoms with van der Waals surface area (Å²) in [6.45, 7) is 7.93. The number of anilines is 1. The first-order valence-electron chi connectivity index (χ1n) is 6.52. The molecule has 1 unspecified atom stereocenters. The minimum Gasteiger partial charge on any atom is -0.392 e. The lowest BCUT2D eigenvalue weighted by atomic mass is 10.2. The molecule has 1 aromatic rings. The quantitative estimate of drug-likeness (QED) is 0.581. The Hall–Kier alpha value is -1.27. The summed E-state index contributed by atoms with van der Waals surface area (Å²) in [5, 5.41) is 23.5. The van der Waals surface area contributed by atoms with Gasteiger partial charge in [0.15, 0.2) is 0 Å². The van der Waals surface area contributed by atoms with Crippen LogP contribution in [0, 0.1) is 0 Å². The molecule has 0 aliphatic rings. The van der Waals surface area contributed by atoms with Crippen LogP contribution in [-0.4, -0.2) is 46.0 Å². The third kappa shape index (κ3) is 4.93. The molecule has 1 atom stereocenters. The van der Waals surface area contributed by atoms with E-state index in [2.05, 4.69) is 39.7 Å². The molecular formula is C12H23N5O. The number of hydrogen-bond acceptors (Lipinski definition) is 6. The zero-order chi connectivity index (χ0) is 13.4. The molecule has 0 saturated carbocycles. The Morgan fingerprint density at radius 3 is 2.44 bits per heavy atom. The van der Waals surface area contributed by atoms with E-state index in [0.717, 1.165) is 30.8 Å². The second kappa shape index (κ2) is 7.94. The number of aryl methyl sites for hydroxylation is 2. The number of nitrogens with zero attached hydrogens (tertiary/aromatic N) is 3. The van der Waals surface area contributed by atoms with Gasteiger partial charge >= 0.3 is 0 Å². The van der Waals surface area contributed by atoms with Gasteiger partial charge in [-0.3, -0.25) is 0 Å². The Bertz CT molecular complexity index is 356. The fourth-order valence-electron chi connectivity index (χ4n) is 1.59. The van der Waals surface area contributed by atoms with Gasteiger partial charge in [-0.15, -0.1) is 5.10 Å². The molecule has 6 heteroatoms. The van der Waals surface area contributed by atoms with Crippen LogP contribution in [0.15, 0.2) is 0 Å². The van der Waals surface area contributed by atoms with Gasteiger partial charge in [0.05, 0.1) is 17.5 Å². The summed E-state index contributed by atoms with van der Waals surface area (Å²) < 4.78 is 0. The second-order valence-corrected chi connectivity index (χ2v) is 4.22. The first-order valence-corrected chi connectivity index (χ1v) is 6.52. The number of nitrogens with one attached hydrogen (secondary N) is 2. The lowest BCUT2D eigenvalue weighted by Crippen LogP contribution is -2.29. The summed E-state index contributed by atoms with van der Waals surface area (Å²) >= 11 is 0. The van der Waals surface area contributed by atoms with E-state index in [0.29, 0.717) is 19.0 Å². The van der Waals surface area contributed by atoms with E-state index in [1.54, 1.807) is 6.92 Å². The van der Waals surface area contributed by atoms with Gasteiger partial charge in [-0.05, 0) is 19.8 Å². The van der Waals surface area contributed by atoms with Crippen LogP contribution >= 0.6 is 0 Å². The van der Waals surface area contributed by atoms with Gasteiger partial charge in [0, 0.05) is 19.6 Å². The summed E-state index contributed by atoms with van der Waals surface area (Å²) in [6, 6.07) is 0. The maximum absolute atomic E-state index is 9.08.